The van der Waals surface area contributed by atoms with Gasteiger partial charge in [-0.05, 0) is 56.5 Å². The summed E-state index contributed by atoms with van der Waals surface area (Å²) in [6.07, 6.45) is 2.50. The molecule has 1 aliphatic rings. The van der Waals surface area contributed by atoms with Crippen molar-refractivity contribution in [3.63, 3.8) is 0 Å². The Balaban J connectivity index is 1.82. The smallest absolute Gasteiger partial charge is 0.255 e. The van der Waals surface area contributed by atoms with Gasteiger partial charge < -0.3 is 10.2 Å². The molecule has 1 heterocycles. The van der Waals surface area contributed by atoms with Crippen LogP contribution < -0.4 is 10.2 Å². The van der Waals surface area contributed by atoms with Gasteiger partial charge in [-0.2, -0.15) is 0 Å². The lowest BCUT2D eigenvalue weighted by Crippen LogP contribution is -2.18. The average Bonchev–Trinajstić information content (AvgIpc) is 3.04. The summed E-state index contributed by atoms with van der Waals surface area (Å²) in [7, 11) is 0. The van der Waals surface area contributed by atoms with E-state index in [1.165, 1.54) is 18.5 Å². The van der Waals surface area contributed by atoms with Crippen molar-refractivity contribution in [2.75, 3.05) is 23.3 Å². The zero-order chi connectivity index (χ0) is 15.5. The minimum Gasteiger partial charge on any atom is -0.371 e. The fourth-order valence-corrected chi connectivity index (χ4v) is 2.90. The molecule has 1 saturated heterocycles. The summed E-state index contributed by atoms with van der Waals surface area (Å²) in [6, 6.07) is 14.0. The summed E-state index contributed by atoms with van der Waals surface area (Å²) in [6.45, 7) is 6.23. The quantitative estimate of drug-likeness (QED) is 0.922. The van der Waals surface area contributed by atoms with Crippen LogP contribution in [0.3, 0.4) is 0 Å². The number of benzene rings is 2. The Labute approximate surface area is 132 Å². The number of nitrogens with one attached hydrogen (secondary N) is 1. The Hall–Kier alpha value is -2.29. The lowest BCUT2D eigenvalue weighted by atomic mass is 10.1. The highest BCUT2D eigenvalue weighted by Gasteiger charge is 2.14. The standard InChI is InChI=1S/C19H22N2O/c1-14-6-5-7-16(12-14)19(22)20-18-13-17(9-8-15(18)2)21-10-3-4-11-21/h5-9,12-13H,3-4,10-11H2,1-2H3,(H,20,22). The molecule has 1 aliphatic heterocycles. The Morgan fingerprint density at radius 1 is 1.05 bits per heavy atom. The molecular weight excluding hydrogens is 272 g/mol. The van der Waals surface area contributed by atoms with Crippen LogP contribution in [-0.2, 0) is 0 Å². The largest absolute Gasteiger partial charge is 0.371 e. The van der Waals surface area contributed by atoms with Crippen molar-refractivity contribution in [1.82, 2.24) is 0 Å². The number of hydrogen-bond donors (Lipinski definition) is 1. The van der Waals surface area contributed by atoms with Gasteiger partial charge in [0.2, 0.25) is 0 Å². The monoisotopic (exact) mass is 294 g/mol. The molecule has 0 atom stereocenters. The van der Waals surface area contributed by atoms with Gasteiger partial charge >= 0.3 is 0 Å². The molecule has 1 fully saturated rings. The van der Waals surface area contributed by atoms with Crippen molar-refractivity contribution in [2.45, 2.75) is 26.7 Å². The van der Waals surface area contributed by atoms with Gasteiger partial charge in [0.15, 0.2) is 0 Å². The molecule has 22 heavy (non-hydrogen) atoms. The van der Waals surface area contributed by atoms with E-state index in [4.69, 9.17) is 0 Å². The molecule has 114 valence electrons. The molecule has 0 spiro atoms. The maximum atomic E-state index is 12.4. The van der Waals surface area contributed by atoms with E-state index < -0.39 is 0 Å². The van der Waals surface area contributed by atoms with Crippen molar-refractivity contribution in [3.8, 4) is 0 Å². The molecule has 0 radical (unpaired) electrons. The van der Waals surface area contributed by atoms with Crippen LogP contribution in [-0.4, -0.2) is 19.0 Å². The van der Waals surface area contributed by atoms with E-state index in [-0.39, 0.29) is 5.91 Å². The molecule has 1 amide bonds. The third kappa shape index (κ3) is 3.14. The molecular formula is C19H22N2O. The van der Waals surface area contributed by atoms with Crippen LogP contribution >= 0.6 is 0 Å². The SMILES string of the molecule is Cc1cccc(C(=O)Nc2cc(N3CCCC3)ccc2C)c1. The van der Waals surface area contributed by atoms with Crippen LogP contribution in [0.2, 0.25) is 0 Å². The number of amides is 1. The minimum atomic E-state index is -0.0506. The summed E-state index contributed by atoms with van der Waals surface area (Å²) in [5, 5.41) is 3.05. The van der Waals surface area contributed by atoms with Gasteiger partial charge in [0.1, 0.15) is 0 Å². The van der Waals surface area contributed by atoms with Crippen molar-refractivity contribution in [1.29, 1.82) is 0 Å². The predicted molar refractivity (Wildman–Crippen MR) is 91.8 cm³/mol. The first-order valence-corrected chi connectivity index (χ1v) is 7.87. The number of carbonyl (C=O) groups excluding carboxylic acids is 1. The molecule has 3 heteroatoms. The Kier molecular flexibility index (Phi) is 4.14. The number of hydrogen-bond acceptors (Lipinski definition) is 2. The molecule has 2 aromatic carbocycles. The summed E-state index contributed by atoms with van der Waals surface area (Å²) >= 11 is 0. The summed E-state index contributed by atoms with van der Waals surface area (Å²) in [5.74, 6) is -0.0506. The minimum absolute atomic E-state index is 0.0506. The van der Waals surface area contributed by atoms with Crippen LogP contribution in [0.15, 0.2) is 42.5 Å². The van der Waals surface area contributed by atoms with E-state index in [0.717, 1.165) is 29.9 Å². The summed E-state index contributed by atoms with van der Waals surface area (Å²) < 4.78 is 0. The van der Waals surface area contributed by atoms with Gasteiger partial charge in [0.05, 0.1) is 0 Å². The van der Waals surface area contributed by atoms with Crippen LogP contribution in [0.25, 0.3) is 0 Å². The second-order valence-electron chi connectivity index (χ2n) is 6.02. The maximum Gasteiger partial charge on any atom is 0.255 e. The second kappa shape index (κ2) is 6.22. The van der Waals surface area contributed by atoms with E-state index in [1.807, 2.05) is 38.1 Å². The first kappa shape index (κ1) is 14.6. The fourth-order valence-electron chi connectivity index (χ4n) is 2.90. The van der Waals surface area contributed by atoms with Gasteiger partial charge in [-0.1, -0.05) is 23.8 Å². The number of anilines is 2. The molecule has 0 aromatic heterocycles. The van der Waals surface area contributed by atoms with Gasteiger partial charge in [-0.3, -0.25) is 4.79 Å². The van der Waals surface area contributed by atoms with E-state index in [1.54, 1.807) is 0 Å². The van der Waals surface area contributed by atoms with Crippen molar-refractivity contribution in [2.24, 2.45) is 0 Å². The van der Waals surface area contributed by atoms with Gasteiger partial charge in [0.25, 0.3) is 5.91 Å². The van der Waals surface area contributed by atoms with E-state index >= 15 is 0 Å². The molecule has 0 saturated carbocycles. The Bertz CT molecular complexity index is 688. The zero-order valence-corrected chi connectivity index (χ0v) is 13.2. The molecule has 0 aliphatic carbocycles. The van der Waals surface area contributed by atoms with Gasteiger partial charge in [0, 0.05) is 30.0 Å². The lowest BCUT2D eigenvalue weighted by molar-refractivity contribution is 0.102. The lowest BCUT2D eigenvalue weighted by Gasteiger charge is -2.19. The number of nitrogens with zero attached hydrogens (tertiary/aromatic N) is 1. The molecule has 3 nitrogen and oxygen atoms in total. The first-order valence-electron chi connectivity index (χ1n) is 7.87. The number of aryl methyl sites for hydroxylation is 2. The molecule has 2 aromatic rings. The van der Waals surface area contributed by atoms with Crippen molar-refractivity contribution < 1.29 is 4.79 Å². The Morgan fingerprint density at radius 2 is 1.82 bits per heavy atom. The first-order chi connectivity index (χ1) is 10.6. The van der Waals surface area contributed by atoms with Crippen molar-refractivity contribution >= 4 is 17.3 Å². The van der Waals surface area contributed by atoms with E-state index in [0.29, 0.717) is 5.56 Å². The van der Waals surface area contributed by atoms with Crippen LogP contribution in [0.5, 0.6) is 0 Å². The van der Waals surface area contributed by atoms with Crippen LogP contribution in [0, 0.1) is 13.8 Å². The third-order valence-electron chi connectivity index (χ3n) is 4.22. The van der Waals surface area contributed by atoms with Crippen molar-refractivity contribution in [3.05, 3.63) is 59.2 Å². The summed E-state index contributed by atoms with van der Waals surface area (Å²) in [4.78, 5) is 14.8. The Morgan fingerprint density at radius 3 is 2.55 bits per heavy atom. The van der Waals surface area contributed by atoms with E-state index in [2.05, 4.69) is 28.4 Å². The molecule has 3 rings (SSSR count). The third-order valence-corrected chi connectivity index (χ3v) is 4.22. The highest BCUT2D eigenvalue weighted by molar-refractivity contribution is 6.05. The van der Waals surface area contributed by atoms with Crippen LogP contribution in [0.1, 0.15) is 34.3 Å². The zero-order valence-electron chi connectivity index (χ0n) is 13.2. The molecule has 0 bridgehead atoms. The normalized spacial score (nSPS) is 14.2. The maximum absolute atomic E-state index is 12.4. The second-order valence-corrected chi connectivity index (χ2v) is 6.02. The summed E-state index contributed by atoms with van der Waals surface area (Å²) in [5.41, 5.74) is 4.98. The number of rotatable bonds is 3. The molecule has 0 unspecified atom stereocenters. The molecule has 1 N–H and O–H groups in total. The van der Waals surface area contributed by atoms with Crippen LogP contribution in [0.4, 0.5) is 11.4 Å². The number of carbonyl (C=O) groups is 1. The van der Waals surface area contributed by atoms with Gasteiger partial charge in [-0.25, -0.2) is 0 Å². The highest BCUT2D eigenvalue weighted by Crippen LogP contribution is 2.26. The van der Waals surface area contributed by atoms with Gasteiger partial charge in [-0.15, -0.1) is 0 Å². The topological polar surface area (TPSA) is 32.3 Å². The predicted octanol–water partition coefficient (Wildman–Crippen LogP) is 4.16. The highest BCUT2D eigenvalue weighted by atomic mass is 16.1. The fraction of sp³-hybridized carbons (Fsp3) is 0.316. The van der Waals surface area contributed by atoms with E-state index in [9.17, 15) is 4.79 Å². The average molecular weight is 294 g/mol.